The maximum Gasteiger partial charge on any atom is 0.228 e. The van der Waals surface area contributed by atoms with Crippen LogP contribution >= 0.6 is 24.0 Å². The Balaban J connectivity index is 0.00000338. The number of nitrogens with zero attached hydrogens (tertiary/aromatic N) is 4. The van der Waals surface area contributed by atoms with Gasteiger partial charge in [-0.3, -0.25) is 4.99 Å². The maximum atomic E-state index is 5.64. The van der Waals surface area contributed by atoms with Gasteiger partial charge in [0.25, 0.3) is 0 Å². The fraction of sp³-hybridized carbons (Fsp3) is 0.824. The summed E-state index contributed by atoms with van der Waals surface area (Å²) in [5.74, 6) is 3.17. The van der Waals surface area contributed by atoms with Gasteiger partial charge >= 0.3 is 0 Å². The van der Waals surface area contributed by atoms with Crippen molar-refractivity contribution in [2.45, 2.75) is 32.6 Å². The topological polar surface area (TPSA) is 85.0 Å². The van der Waals surface area contributed by atoms with E-state index in [1.165, 1.54) is 0 Å². The van der Waals surface area contributed by atoms with E-state index in [-0.39, 0.29) is 29.9 Å². The predicted octanol–water partition coefficient (Wildman–Crippen LogP) is 1.91. The number of halogens is 1. The second-order valence-corrected chi connectivity index (χ2v) is 6.59. The summed E-state index contributed by atoms with van der Waals surface area (Å²) in [6.45, 7) is 8.86. The highest BCUT2D eigenvalue weighted by Crippen LogP contribution is 2.16. The van der Waals surface area contributed by atoms with E-state index in [1.807, 2.05) is 7.05 Å². The molecule has 0 radical (unpaired) electrons. The molecule has 1 N–H and O–H groups in total. The van der Waals surface area contributed by atoms with E-state index in [0.717, 1.165) is 44.4 Å². The molecule has 1 aliphatic rings. The minimum Gasteiger partial charge on any atom is -0.382 e. The molecule has 0 spiro atoms. The van der Waals surface area contributed by atoms with Gasteiger partial charge in [0.05, 0.1) is 19.8 Å². The molecule has 1 fully saturated rings. The molecule has 1 unspecified atom stereocenters. The summed E-state index contributed by atoms with van der Waals surface area (Å²) in [7, 11) is 3.50. The summed E-state index contributed by atoms with van der Waals surface area (Å²) in [4.78, 5) is 11.1. The minimum absolute atomic E-state index is 0. The van der Waals surface area contributed by atoms with Crippen molar-refractivity contribution in [1.29, 1.82) is 0 Å². The highest BCUT2D eigenvalue weighted by atomic mass is 127. The number of likely N-dealkylation sites (tertiary alicyclic amines) is 1. The molecule has 2 heterocycles. The molecule has 0 aromatic carbocycles. The molecular weight excluding hydrogens is 449 g/mol. The molecule has 8 nitrogen and oxygen atoms in total. The number of nitrogens with one attached hydrogen (secondary N) is 1. The standard InChI is InChI=1S/C17H31N5O3.HI/c1-13(2)16-20-15(25-21-16)5-7-19-17(18-3)22-8-6-14(11-22)12-24-10-9-23-4;/h13-14H,5-12H2,1-4H3,(H,18,19);1H. The van der Waals surface area contributed by atoms with Crippen molar-refractivity contribution in [2.75, 3.05) is 53.6 Å². The molecule has 1 aromatic heterocycles. The number of methoxy groups -OCH3 is 1. The van der Waals surface area contributed by atoms with Crippen LogP contribution in [0, 0.1) is 5.92 Å². The van der Waals surface area contributed by atoms with Crippen molar-refractivity contribution < 1.29 is 14.0 Å². The third-order valence-electron chi connectivity index (χ3n) is 4.20. The second kappa shape index (κ2) is 12.4. The van der Waals surface area contributed by atoms with Gasteiger partial charge in [0.2, 0.25) is 5.89 Å². The molecule has 0 saturated carbocycles. The van der Waals surface area contributed by atoms with Crippen molar-refractivity contribution in [3.05, 3.63) is 11.7 Å². The fourth-order valence-corrected chi connectivity index (χ4v) is 2.77. The lowest BCUT2D eigenvalue weighted by Crippen LogP contribution is -2.41. The zero-order valence-corrected chi connectivity index (χ0v) is 18.6. The van der Waals surface area contributed by atoms with E-state index < -0.39 is 0 Å². The monoisotopic (exact) mass is 481 g/mol. The molecule has 0 amide bonds. The zero-order chi connectivity index (χ0) is 18.1. The van der Waals surface area contributed by atoms with Crippen LogP contribution in [0.1, 0.15) is 37.9 Å². The highest BCUT2D eigenvalue weighted by molar-refractivity contribution is 14.0. The minimum atomic E-state index is 0. The Morgan fingerprint density at radius 3 is 2.88 bits per heavy atom. The predicted molar refractivity (Wildman–Crippen MR) is 111 cm³/mol. The lowest BCUT2D eigenvalue weighted by molar-refractivity contribution is 0.0536. The highest BCUT2D eigenvalue weighted by Gasteiger charge is 2.24. The SMILES string of the molecule is CN=C(NCCc1nc(C(C)C)no1)N1CCC(COCCOC)C1.I. The number of hydrogen-bond acceptors (Lipinski definition) is 6. The van der Waals surface area contributed by atoms with Gasteiger partial charge in [0, 0.05) is 52.0 Å². The average Bonchev–Trinajstić information content (AvgIpc) is 3.25. The van der Waals surface area contributed by atoms with Gasteiger partial charge in [0.15, 0.2) is 11.8 Å². The van der Waals surface area contributed by atoms with E-state index >= 15 is 0 Å². The third-order valence-corrected chi connectivity index (χ3v) is 4.20. The first-order valence-electron chi connectivity index (χ1n) is 8.98. The first-order chi connectivity index (χ1) is 12.1. The molecule has 1 aliphatic heterocycles. The molecule has 0 bridgehead atoms. The second-order valence-electron chi connectivity index (χ2n) is 6.59. The number of guanidine groups is 1. The van der Waals surface area contributed by atoms with Crippen LogP contribution < -0.4 is 5.32 Å². The quantitative estimate of drug-likeness (QED) is 0.250. The zero-order valence-electron chi connectivity index (χ0n) is 16.2. The lowest BCUT2D eigenvalue weighted by Gasteiger charge is -2.21. The molecule has 150 valence electrons. The van der Waals surface area contributed by atoms with E-state index in [1.54, 1.807) is 7.11 Å². The summed E-state index contributed by atoms with van der Waals surface area (Å²) in [6, 6.07) is 0. The van der Waals surface area contributed by atoms with E-state index in [2.05, 4.69) is 39.2 Å². The number of ether oxygens (including phenoxy) is 2. The van der Waals surface area contributed by atoms with Crippen molar-refractivity contribution in [2.24, 2.45) is 10.9 Å². The molecule has 2 rings (SSSR count). The summed E-state index contributed by atoms with van der Waals surface area (Å²) < 4.78 is 15.9. The van der Waals surface area contributed by atoms with Crippen LogP contribution in [0.2, 0.25) is 0 Å². The third kappa shape index (κ3) is 7.36. The van der Waals surface area contributed by atoms with Crippen LogP contribution in [0.25, 0.3) is 0 Å². The fourth-order valence-electron chi connectivity index (χ4n) is 2.77. The van der Waals surface area contributed by atoms with Gasteiger partial charge < -0.3 is 24.2 Å². The van der Waals surface area contributed by atoms with Crippen LogP contribution in [0.5, 0.6) is 0 Å². The van der Waals surface area contributed by atoms with Gasteiger partial charge in [-0.2, -0.15) is 4.98 Å². The summed E-state index contributed by atoms with van der Waals surface area (Å²) in [5.41, 5.74) is 0. The number of aromatic nitrogens is 2. The van der Waals surface area contributed by atoms with Crippen LogP contribution in [0.3, 0.4) is 0 Å². The number of hydrogen-bond donors (Lipinski definition) is 1. The molecule has 1 aromatic rings. The van der Waals surface area contributed by atoms with Crippen molar-refractivity contribution in [3.8, 4) is 0 Å². The Hall–Kier alpha value is -0.940. The van der Waals surface area contributed by atoms with Crippen molar-refractivity contribution in [1.82, 2.24) is 20.4 Å². The first-order valence-corrected chi connectivity index (χ1v) is 8.98. The van der Waals surface area contributed by atoms with Crippen LogP contribution in [0.4, 0.5) is 0 Å². The summed E-state index contributed by atoms with van der Waals surface area (Å²) >= 11 is 0. The van der Waals surface area contributed by atoms with Crippen molar-refractivity contribution >= 4 is 29.9 Å². The van der Waals surface area contributed by atoms with Gasteiger partial charge in [0.1, 0.15) is 0 Å². The largest absolute Gasteiger partial charge is 0.382 e. The van der Waals surface area contributed by atoms with Crippen molar-refractivity contribution in [3.63, 3.8) is 0 Å². The van der Waals surface area contributed by atoms with E-state index in [0.29, 0.717) is 31.4 Å². The summed E-state index contributed by atoms with van der Waals surface area (Å²) in [6.07, 6.45) is 1.81. The van der Waals surface area contributed by atoms with Crippen LogP contribution in [0.15, 0.2) is 9.52 Å². The van der Waals surface area contributed by atoms with Crippen LogP contribution in [-0.2, 0) is 15.9 Å². The van der Waals surface area contributed by atoms with E-state index in [9.17, 15) is 0 Å². The molecule has 9 heteroatoms. The van der Waals surface area contributed by atoms with Crippen LogP contribution in [-0.4, -0.2) is 74.6 Å². The van der Waals surface area contributed by atoms with Gasteiger partial charge in [-0.05, 0) is 6.42 Å². The molecule has 1 saturated heterocycles. The maximum absolute atomic E-state index is 5.64. The molecule has 0 aliphatic carbocycles. The van der Waals surface area contributed by atoms with Gasteiger partial charge in [-0.15, -0.1) is 24.0 Å². The number of rotatable bonds is 9. The smallest absolute Gasteiger partial charge is 0.228 e. The van der Waals surface area contributed by atoms with Gasteiger partial charge in [-0.25, -0.2) is 0 Å². The first kappa shape index (κ1) is 23.1. The molecule has 1 atom stereocenters. The Bertz CT molecular complexity index is 538. The molecular formula is C17H32IN5O3. The van der Waals surface area contributed by atoms with E-state index in [4.69, 9.17) is 14.0 Å². The normalized spacial score (nSPS) is 17.7. The Labute approximate surface area is 173 Å². The Kier molecular flexibility index (Phi) is 11.1. The van der Waals surface area contributed by atoms with Gasteiger partial charge in [-0.1, -0.05) is 19.0 Å². The lowest BCUT2D eigenvalue weighted by atomic mass is 10.1. The average molecular weight is 481 g/mol. The Morgan fingerprint density at radius 1 is 1.42 bits per heavy atom. The number of aliphatic imine (C=N–C) groups is 1. The summed E-state index contributed by atoms with van der Waals surface area (Å²) in [5, 5.41) is 7.37. The molecule has 26 heavy (non-hydrogen) atoms. The Morgan fingerprint density at radius 2 is 2.23 bits per heavy atom.